The van der Waals surface area contributed by atoms with Crippen molar-refractivity contribution in [3.63, 3.8) is 0 Å². The normalized spacial score (nSPS) is 27.1. The largest absolute Gasteiger partial charge is 0.291 e. The van der Waals surface area contributed by atoms with Gasteiger partial charge in [0.05, 0.1) is 23.3 Å². The average Bonchev–Trinajstić information content (AvgIpc) is 2.81. The Balaban J connectivity index is 1.74. The number of imide groups is 1. The van der Waals surface area contributed by atoms with Crippen LogP contribution in [0.2, 0.25) is 0 Å². The van der Waals surface area contributed by atoms with Crippen molar-refractivity contribution in [3.8, 4) is 0 Å². The number of carbonyl (C=O) groups is 3. The van der Waals surface area contributed by atoms with E-state index in [1.54, 1.807) is 17.5 Å². The van der Waals surface area contributed by atoms with Crippen molar-refractivity contribution >= 4 is 28.9 Å². The number of thiophene rings is 1. The molecule has 16 heavy (non-hydrogen) atoms. The summed E-state index contributed by atoms with van der Waals surface area (Å²) in [6.45, 7) is -0.0921. The molecule has 82 valence electrons. The number of ketones is 1. The molecule has 5 heteroatoms. The molecule has 0 spiro atoms. The summed E-state index contributed by atoms with van der Waals surface area (Å²) in [6, 6.07) is 3.49. The number of piperidine rings is 1. The fourth-order valence-corrected chi connectivity index (χ4v) is 2.72. The van der Waals surface area contributed by atoms with Crippen molar-refractivity contribution < 1.29 is 14.4 Å². The lowest BCUT2D eigenvalue weighted by molar-refractivity contribution is -0.140. The van der Waals surface area contributed by atoms with Gasteiger partial charge in [0.2, 0.25) is 11.8 Å². The second-order valence-corrected chi connectivity index (χ2v) is 5.06. The van der Waals surface area contributed by atoms with Crippen LogP contribution < -0.4 is 0 Å². The average molecular weight is 235 g/mol. The highest BCUT2D eigenvalue weighted by Crippen LogP contribution is 2.46. The van der Waals surface area contributed by atoms with Gasteiger partial charge in [0.25, 0.3) is 0 Å². The quantitative estimate of drug-likeness (QED) is 0.578. The van der Waals surface area contributed by atoms with E-state index in [1.165, 1.54) is 11.3 Å². The second-order valence-electron chi connectivity index (χ2n) is 4.11. The molecule has 0 bridgehead atoms. The summed E-state index contributed by atoms with van der Waals surface area (Å²) in [7, 11) is 0. The molecule has 0 radical (unpaired) electrons. The Morgan fingerprint density at radius 2 is 2.06 bits per heavy atom. The maximum atomic E-state index is 11.7. The van der Waals surface area contributed by atoms with E-state index in [2.05, 4.69) is 0 Å². The Morgan fingerprint density at radius 3 is 2.62 bits per heavy atom. The summed E-state index contributed by atoms with van der Waals surface area (Å²) < 4.78 is 0. The van der Waals surface area contributed by atoms with Crippen molar-refractivity contribution in [2.24, 2.45) is 11.8 Å². The Bertz CT molecular complexity index is 459. The molecule has 0 N–H and O–H groups in total. The molecule has 0 aromatic carbocycles. The predicted octanol–water partition coefficient (Wildman–Crippen LogP) is 0.936. The summed E-state index contributed by atoms with van der Waals surface area (Å²) in [5, 5.41) is 1.80. The van der Waals surface area contributed by atoms with E-state index in [0.717, 1.165) is 4.90 Å². The fraction of sp³-hybridized carbons (Fsp3) is 0.364. The van der Waals surface area contributed by atoms with E-state index in [0.29, 0.717) is 11.3 Å². The number of carbonyl (C=O) groups excluding carboxylic acids is 3. The zero-order valence-corrected chi connectivity index (χ0v) is 9.20. The molecule has 2 unspecified atom stereocenters. The van der Waals surface area contributed by atoms with Crippen molar-refractivity contribution in [1.29, 1.82) is 0 Å². The van der Waals surface area contributed by atoms with E-state index in [-0.39, 0.29) is 36.0 Å². The van der Waals surface area contributed by atoms with Crippen LogP contribution in [-0.2, 0) is 9.59 Å². The van der Waals surface area contributed by atoms with Gasteiger partial charge in [0.1, 0.15) is 0 Å². The van der Waals surface area contributed by atoms with Crippen LogP contribution in [0.5, 0.6) is 0 Å². The zero-order chi connectivity index (χ0) is 11.3. The van der Waals surface area contributed by atoms with Crippen molar-refractivity contribution in [2.45, 2.75) is 6.42 Å². The highest BCUT2D eigenvalue weighted by atomic mass is 32.1. The molecule has 1 saturated heterocycles. The molecule has 1 saturated carbocycles. The lowest BCUT2D eigenvalue weighted by atomic mass is 10.3. The molecular weight excluding hydrogens is 226 g/mol. The van der Waals surface area contributed by atoms with Gasteiger partial charge < -0.3 is 0 Å². The third-order valence-electron chi connectivity index (χ3n) is 3.05. The number of rotatable bonds is 3. The van der Waals surface area contributed by atoms with Gasteiger partial charge in [-0.15, -0.1) is 11.3 Å². The summed E-state index contributed by atoms with van der Waals surface area (Å²) >= 11 is 1.33. The molecule has 2 aliphatic rings. The summed E-state index contributed by atoms with van der Waals surface area (Å²) in [4.78, 5) is 36.7. The Kier molecular flexibility index (Phi) is 1.97. The first-order valence-corrected chi connectivity index (χ1v) is 5.98. The first-order valence-electron chi connectivity index (χ1n) is 5.10. The van der Waals surface area contributed by atoms with Crippen LogP contribution in [0.15, 0.2) is 17.5 Å². The highest BCUT2D eigenvalue weighted by Gasteiger charge is 2.58. The fourth-order valence-electron chi connectivity index (χ4n) is 2.06. The van der Waals surface area contributed by atoms with Gasteiger partial charge in [-0.1, -0.05) is 6.07 Å². The standard InChI is InChI=1S/C11H9NO3S/c13-8(9-2-1-3-16-9)5-12-10(14)6-4-7(6)11(12)15/h1-3,6-7H,4-5H2. The van der Waals surface area contributed by atoms with Gasteiger partial charge in [0.15, 0.2) is 5.78 Å². The molecule has 2 heterocycles. The first kappa shape index (κ1) is 9.72. The highest BCUT2D eigenvalue weighted by molar-refractivity contribution is 7.12. The Hall–Kier alpha value is -1.49. The monoisotopic (exact) mass is 235 g/mol. The summed E-state index contributed by atoms with van der Waals surface area (Å²) in [5.41, 5.74) is 0. The smallest absolute Gasteiger partial charge is 0.233 e. The van der Waals surface area contributed by atoms with Crippen LogP contribution in [0.3, 0.4) is 0 Å². The number of nitrogens with zero attached hydrogens (tertiary/aromatic N) is 1. The zero-order valence-electron chi connectivity index (χ0n) is 8.38. The number of Topliss-reactive ketones (excluding diaryl/α,β-unsaturated/α-hetero) is 1. The van der Waals surface area contributed by atoms with Gasteiger partial charge in [-0.05, 0) is 17.9 Å². The maximum Gasteiger partial charge on any atom is 0.233 e. The minimum Gasteiger partial charge on any atom is -0.291 e. The topological polar surface area (TPSA) is 54.5 Å². The molecule has 2 amide bonds. The Labute approximate surface area is 95.9 Å². The number of amides is 2. The van der Waals surface area contributed by atoms with E-state index in [9.17, 15) is 14.4 Å². The molecular formula is C11H9NO3S. The molecule has 1 aromatic rings. The van der Waals surface area contributed by atoms with E-state index in [4.69, 9.17) is 0 Å². The first-order chi connectivity index (χ1) is 7.68. The van der Waals surface area contributed by atoms with Crippen LogP contribution >= 0.6 is 11.3 Å². The van der Waals surface area contributed by atoms with Gasteiger partial charge in [-0.25, -0.2) is 0 Å². The van der Waals surface area contributed by atoms with Gasteiger partial charge in [-0.2, -0.15) is 0 Å². The molecule has 2 fully saturated rings. The molecule has 3 rings (SSSR count). The van der Waals surface area contributed by atoms with Crippen LogP contribution in [0.25, 0.3) is 0 Å². The molecule has 1 aliphatic carbocycles. The SMILES string of the molecule is O=C(CN1C(=O)C2CC2C1=O)c1cccs1. The van der Waals surface area contributed by atoms with E-state index < -0.39 is 0 Å². The predicted molar refractivity (Wildman–Crippen MR) is 57.0 cm³/mol. The van der Waals surface area contributed by atoms with Crippen LogP contribution in [-0.4, -0.2) is 29.0 Å². The lowest BCUT2D eigenvalue weighted by Gasteiger charge is -2.14. The molecule has 2 atom stereocenters. The van der Waals surface area contributed by atoms with Crippen LogP contribution in [0, 0.1) is 11.8 Å². The van der Waals surface area contributed by atoms with Crippen molar-refractivity contribution in [2.75, 3.05) is 6.54 Å². The maximum absolute atomic E-state index is 11.7. The minimum absolute atomic E-state index is 0.0921. The van der Waals surface area contributed by atoms with E-state index >= 15 is 0 Å². The summed E-state index contributed by atoms with van der Waals surface area (Å²) in [6.07, 6.45) is 0.682. The van der Waals surface area contributed by atoms with Crippen LogP contribution in [0.4, 0.5) is 0 Å². The molecule has 1 aliphatic heterocycles. The van der Waals surface area contributed by atoms with Gasteiger partial charge >= 0.3 is 0 Å². The minimum atomic E-state index is -0.167. The number of hydrogen-bond acceptors (Lipinski definition) is 4. The third kappa shape index (κ3) is 1.31. The van der Waals surface area contributed by atoms with Crippen molar-refractivity contribution in [3.05, 3.63) is 22.4 Å². The molecule has 1 aromatic heterocycles. The Morgan fingerprint density at radius 1 is 1.38 bits per heavy atom. The lowest BCUT2D eigenvalue weighted by Crippen LogP contribution is -2.37. The third-order valence-corrected chi connectivity index (χ3v) is 3.97. The van der Waals surface area contributed by atoms with Crippen LogP contribution in [0.1, 0.15) is 16.1 Å². The molecule has 4 nitrogen and oxygen atoms in total. The number of hydrogen-bond donors (Lipinski definition) is 0. The second kappa shape index (κ2) is 3.25. The van der Waals surface area contributed by atoms with Crippen molar-refractivity contribution in [1.82, 2.24) is 4.90 Å². The van der Waals surface area contributed by atoms with Gasteiger partial charge in [0, 0.05) is 0 Å². The number of likely N-dealkylation sites (tertiary alicyclic amines) is 1. The number of fused-ring (bicyclic) bond motifs is 1. The van der Waals surface area contributed by atoms with E-state index in [1.807, 2.05) is 0 Å². The van der Waals surface area contributed by atoms with Gasteiger partial charge in [-0.3, -0.25) is 19.3 Å². The summed E-state index contributed by atoms with van der Waals surface area (Å²) in [5.74, 6) is -0.731.